The minimum absolute atomic E-state index is 0.617. The summed E-state index contributed by atoms with van der Waals surface area (Å²) < 4.78 is 2.33. The van der Waals surface area contributed by atoms with E-state index in [4.69, 9.17) is 15.0 Å². The second-order valence-corrected chi connectivity index (χ2v) is 16.0. The zero-order valence-corrected chi connectivity index (χ0v) is 34.2. The van der Waals surface area contributed by atoms with Gasteiger partial charge in [0.25, 0.3) is 0 Å². The highest BCUT2D eigenvalue weighted by Gasteiger charge is 2.16. The minimum Gasteiger partial charge on any atom is -0.309 e. The molecule has 4 heteroatoms. The molecular formula is C59H38N4. The predicted octanol–water partition coefficient (Wildman–Crippen LogP) is 15.3. The quantitative estimate of drug-likeness (QED) is 0.161. The van der Waals surface area contributed by atoms with Crippen LogP contribution in [0.2, 0.25) is 0 Å². The third-order valence-electron chi connectivity index (χ3n) is 12.3. The van der Waals surface area contributed by atoms with Crippen molar-refractivity contribution in [3.63, 3.8) is 0 Å². The van der Waals surface area contributed by atoms with Gasteiger partial charge in [-0.05, 0) is 97.4 Å². The van der Waals surface area contributed by atoms with E-state index in [1.54, 1.807) is 0 Å². The molecule has 2 aromatic heterocycles. The number of nitrogens with zero attached hydrogens (tertiary/aromatic N) is 4. The average molecular weight is 803 g/mol. The van der Waals surface area contributed by atoms with E-state index >= 15 is 0 Å². The van der Waals surface area contributed by atoms with Crippen molar-refractivity contribution in [1.82, 2.24) is 19.5 Å². The maximum atomic E-state index is 5.18. The number of fused-ring (bicyclic) bond motifs is 5. The lowest BCUT2D eigenvalue weighted by atomic mass is 9.96. The van der Waals surface area contributed by atoms with Crippen LogP contribution in [0.3, 0.4) is 0 Å². The van der Waals surface area contributed by atoms with Crippen molar-refractivity contribution in [1.29, 1.82) is 0 Å². The van der Waals surface area contributed by atoms with Crippen LogP contribution in [-0.4, -0.2) is 19.5 Å². The first kappa shape index (κ1) is 36.4. The van der Waals surface area contributed by atoms with Crippen LogP contribution in [0.1, 0.15) is 0 Å². The van der Waals surface area contributed by atoms with E-state index in [1.807, 2.05) is 0 Å². The molecule has 0 aliphatic carbocycles. The molecule has 0 aliphatic heterocycles. The fraction of sp³-hybridized carbons (Fsp3) is 0. The van der Waals surface area contributed by atoms with E-state index < -0.39 is 0 Å². The molecule has 294 valence electrons. The zero-order valence-electron chi connectivity index (χ0n) is 34.2. The number of rotatable bonds is 7. The van der Waals surface area contributed by atoms with Gasteiger partial charge < -0.3 is 4.57 Å². The molecule has 0 saturated carbocycles. The molecule has 0 atom stereocenters. The molecule has 0 unspecified atom stereocenters. The molecule has 0 amide bonds. The molecule has 12 aromatic rings. The Morgan fingerprint density at radius 1 is 0.254 bits per heavy atom. The highest BCUT2D eigenvalue weighted by Crippen LogP contribution is 2.36. The summed E-state index contributed by atoms with van der Waals surface area (Å²) in [4.78, 5) is 15.5. The summed E-state index contributed by atoms with van der Waals surface area (Å²) in [6.07, 6.45) is 0. The van der Waals surface area contributed by atoms with Crippen molar-refractivity contribution in [2.45, 2.75) is 0 Å². The molecule has 0 radical (unpaired) electrons. The summed E-state index contributed by atoms with van der Waals surface area (Å²) in [5.74, 6) is 1.86. The largest absolute Gasteiger partial charge is 0.309 e. The molecule has 4 nitrogen and oxygen atoms in total. The number of hydrogen-bond donors (Lipinski definition) is 0. The van der Waals surface area contributed by atoms with E-state index in [2.05, 4.69) is 235 Å². The van der Waals surface area contributed by atoms with Gasteiger partial charge in [0.15, 0.2) is 17.5 Å². The molecule has 0 saturated heterocycles. The monoisotopic (exact) mass is 802 g/mol. The van der Waals surface area contributed by atoms with Crippen LogP contribution < -0.4 is 0 Å². The van der Waals surface area contributed by atoms with Crippen LogP contribution in [0, 0.1) is 0 Å². The van der Waals surface area contributed by atoms with Crippen molar-refractivity contribution in [2.24, 2.45) is 0 Å². The van der Waals surface area contributed by atoms with Gasteiger partial charge in [0, 0.05) is 33.2 Å². The van der Waals surface area contributed by atoms with Gasteiger partial charge in [-0.3, -0.25) is 0 Å². The van der Waals surface area contributed by atoms with Gasteiger partial charge >= 0.3 is 0 Å². The van der Waals surface area contributed by atoms with Gasteiger partial charge in [-0.1, -0.05) is 188 Å². The first-order chi connectivity index (χ1) is 31.2. The van der Waals surface area contributed by atoms with Gasteiger partial charge in [-0.25, -0.2) is 15.0 Å². The summed E-state index contributed by atoms with van der Waals surface area (Å²) >= 11 is 0. The van der Waals surface area contributed by atoms with Crippen LogP contribution in [0.4, 0.5) is 0 Å². The van der Waals surface area contributed by atoms with Gasteiger partial charge in [0.1, 0.15) is 0 Å². The van der Waals surface area contributed by atoms with Crippen molar-refractivity contribution < 1.29 is 0 Å². The molecular weight excluding hydrogens is 765 g/mol. The van der Waals surface area contributed by atoms with E-state index in [0.29, 0.717) is 17.5 Å². The fourth-order valence-corrected chi connectivity index (χ4v) is 9.16. The topological polar surface area (TPSA) is 43.6 Å². The van der Waals surface area contributed by atoms with Gasteiger partial charge in [-0.2, -0.15) is 0 Å². The van der Waals surface area contributed by atoms with Gasteiger partial charge in [0.05, 0.1) is 11.0 Å². The van der Waals surface area contributed by atoms with Gasteiger partial charge in [-0.15, -0.1) is 0 Å². The van der Waals surface area contributed by atoms with E-state index in [1.165, 1.54) is 60.0 Å². The zero-order chi connectivity index (χ0) is 41.7. The molecule has 0 spiro atoms. The standard InChI is InChI=1S/C59H38N4/c1-3-18-49-40(12-1)14-10-22-51(49)42-28-26-39(27-29-42)46-16-9-17-47(38-46)59-61-57(44-32-30-43(31-33-44)52-23-11-15-41-13-2-4-19-50(41)52)60-58(62-59)45-34-36-48(37-35-45)63-55-24-7-5-20-53(55)54-21-6-8-25-56(54)63/h1-38H. The number of para-hydroxylation sites is 2. The summed E-state index contributed by atoms with van der Waals surface area (Å²) in [5.41, 5.74) is 13.2. The number of hydrogen-bond acceptors (Lipinski definition) is 3. The van der Waals surface area contributed by atoms with Crippen molar-refractivity contribution in [3.8, 4) is 73.2 Å². The molecule has 0 N–H and O–H groups in total. The Kier molecular flexibility index (Phi) is 8.79. The lowest BCUT2D eigenvalue weighted by Crippen LogP contribution is -2.01. The summed E-state index contributed by atoms with van der Waals surface area (Å²) in [6, 6.07) is 81.7. The number of aromatic nitrogens is 4. The first-order valence-corrected chi connectivity index (χ1v) is 21.3. The lowest BCUT2D eigenvalue weighted by Gasteiger charge is -2.12. The molecule has 63 heavy (non-hydrogen) atoms. The Morgan fingerprint density at radius 2 is 0.635 bits per heavy atom. The van der Waals surface area contributed by atoms with Crippen LogP contribution in [-0.2, 0) is 0 Å². The smallest absolute Gasteiger partial charge is 0.164 e. The average Bonchev–Trinajstić information content (AvgIpc) is 3.70. The Morgan fingerprint density at radius 3 is 1.17 bits per heavy atom. The van der Waals surface area contributed by atoms with E-state index in [0.717, 1.165) is 39.1 Å². The summed E-state index contributed by atoms with van der Waals surface area (Å²) in [5, 5.41) is 7.41. The normalized spacial score (nSPS) is 11.5. The number of benzene rings is 10. The van der Waals surface area contributed by atoms with Crippen molar-refractivity contribution >= 4 is 43.4 Å². The molecule has 0 aliphatic rings. The minimum atomic E-state index is 0.617. The lowest BCUT2D eigenvalue weighted by molar-refractivity contribution is 1.07. The van der Waals surface area contributed by atoms with Crippen LogP contribution in [0.5, 0.6) is 0 Å². The second kappa shape index (κ2) is 15.2. The first-order valence-electron chi connectivity index (χ1n) is 21.3. The van der Waals surface area contributed by atoms with Crippen molar-refractivity contribution in [2.75, 3.05) is 0 Å². The van der Waals surface area contributed by atoms with Crippen molar-refractivity contribution in [3.05, 3.63) is 231 Å². The van der Waals surface area contributed by atoms with E-state index in [-0.39, 0.29) is 0 Å². The van der Waals surface area contributed by atoms with Gasteiger partial charge in [0.2, 0.25) is 0 Å². The second-order valence-electron chi connectivity index (χ2n) is 16.0. The van der Waals surface area contributed by atoms with Crippen LogP contribution >= 0.6 is 0 Å². The highest BCUT2D eigenvalue weighted by molar-refractivity contribution is 6.09. The Labute approximate surface area is 365 Å². The molecule has 0 bridgehead atoms. The SMILES string of the molecule is c1cc(-c2ccc(-c3cccc4ccccc34)cc2)cc(-c2nc(-c3ccc(-c4cccc5ccccc45)cc3)nc(-c3ccc(-n4c5ccccc5c5ccccc54)cc3)n2)c1. The summed E-state index contributed by atoms with van der Waals surface area (Å²) in [7, 11) is 0. The maximum Gasteiger partial charge on any atom is 0.164 e. The summed E-state index contributed by atoms with van der Waals surface area (Å²) in [6.45, 7) is 0. The Hall–Kier alpha value is -8.47. The molecule has 2 heterocycles. The van der Waals surface area contributed by atoms with Crippen LogP contribution in [0.15, 0.2) is 231 Å². The third kappa shape index (κ3) is 6.53. The molecule has 10 aromatic carbocycles. The highest BCUT2D eigenvalue weighted by atomic mass is 15.0. The molecule has 12 rings (SSSR count). The third-order valence-corrected chi connectivity index (χ3v) is 12.3. The Bertz CT molecular complexity index is 3600. The maximum absolute atomic E-state index is 5.18. The predicted molar refractivity (Wildman–Crippen MR) is 262 cm³/mol. The van der Waals surface area contributed by atoms with E-state index in [9.17, 15) is 0 Å². The molecule has 0 fully saturated rings. The Balaban J connectivity index is 0.941. The van der Waals surface area contributed by atoms with Crippen LogP contribution in [0.25, 0.3) is 117 Å². The fourth-order valence-electron chi connectivity index (χ4n) is 9.16.